The van der Waals surface area contributed by atoms with Crippen molar-refractivity contribution in [2.75, 3.05) is 16.8 Å². The number of hydrogen-bond acceptors (Lipinski definition) is 2. The van der Waals surface area contributed by atoms with Crippen molar-refractivity contribution in [2.24, 2.45) is 5.92 Å². The number of nitrogens with zero attached hydrogens (tertiary/aromatic N) is 1. The molecule has 0 aromatic heterocycles. The van der Waals surface area contributed by atoms with E-state index in [0.717, 1.165) is 12.1 Å². The zero-order valence-electron chi connectivity index (χ0n) is 13.8. The molecule has 0 aliphatic carbocycles. The molecule has 3 rings (SSSR count). The van der Waals surface area contributed by atoms with Crippen molar-refractivity contribution < 1.29 is 14.0 Å². The molecule has 2 aromatic rings. The number of carbonyl (C=O) groups excluding carboxylic acids is 2. The molecule has 25 heavy (non-hydrogen) atoms. The average molecular weight is 361 g/mol. The van der Waals surface area contributed by atoms with E-state index in [-0.39, 0.29) is 23.3 Å². The van der Waals surface area contributed by atoms with Crippen LogP contribution in [-0.4, -0.2) is 18.4 Å². The van der Waals surface area contributed by atoms with E-state index in [1.807, 2.05) is 24.3 Å². The van der Waals surface area contributed by atoms with E-state index in [0.29, 0.717) is 12.2 Å². The maximum atomic E-state index is 13.2. The van der Waals surface area contributed by atoms with Gasteiger partial charge >= 0.3 is 0 Å². The number of rotatable bonds is 4. The summed E-state index contributed by atoms with van der Waals surface area (Å²) in [6, 6.07) is 11.8. The fraction of sp³-hybridized carbons (Fsp3) is 0.263. The lowest BCUT2D eigenvalue weighted by Crippen LogP contribution is -2.28. The van der Waals surface area contributed by atoms with E-state index in [4.69, 9.17) is 11.6 Å². The van der Waals surface area contributed by atoms with Gasteiger partial charge in [0.1, 0.15) is 5.82 Å². The number of anilines is 2. The highest BCUT2D eigenvalue weighted by Crippen LogP contribution is 2.27. The van der Waals surface area contributed by atoms with Crippen LogP contribution >= 0.6 is 11.6 Å². The van der Waals surface area contributed by atoms with Gasteiger partial charge in [-0.1, -0.05) is 30.7 Å². The Morgan fingerprint density at radius 1 is 1.28 bits per heavy atom. The third-order valence-corrected chi connectivity index (χ3v) is 4.63. The van der Waals surface area contributed by atoms with Crippen LogP contribution in [0.25, 0.3) is 0 Å². The zero-order chi connectivity index (χ0) is 18.0. The first-order valence-electron chi connectivity index (χ1n) is 8.13. The molecule has 1 aliphatic rings. The quantitative estimate of drug-likeness (QED) is 0.894. The fourth-order valence-electron chi connectivity index (χ4n) is 2.86. The number of benzene rings is 2. The highest BCUT2D eigenvalue weighted by molar-refractivity contribution is 6.31. The van der Waals surface area contributed by atoms with E-state index >= 15 is 0 Å². The molecule has 1 saturated heterocycles. The van der Waals surface area contributed by atoms with Crippen LogP contribution in [0.5, 0.6) is 0 Å². The first-order valence-corrected chi connectivity index (χ1v) is 8.51. The number of nitrogens with one attached hydrogen (secondary N) is 1. The van der Waals surface area contributed by atoms with E-state index in [9.17, 15) is 14.0 Å². The van der Waals surface area contributed by atoms with Crippen molar-refractivity contribution in [3.8, 4) is 0 Å². The number of amides is 2. The molecule has 4 nitrogen and oxygen atoms in total. The summed E-state index contributed by atoms with van der Waals surface area (Å²) in [5.41, 5.74) is 2.40. The molecular weight excluding hydrogens is 343 g/mol. The van der Waals surface area contributed by atoms with Gasteiger partial charge in [0.05, 0.1) is 10.9 Å². The lowest BCUT2D eigenvalue weighted by Gasteiger charge is -2.17. The summed E-state index contributed by atoms with van der Waals surface area (Å²) in [5, 5.41) is 2.64. The molecule has 0 bridgehead atoms. The number of hydrogen-bond donors (Lipinski definition) is 1. The zero-order valence-corrected chi connectivity index (χ0v) is 14.5. The van der Waals surface area contributed by atoms with Gasteiger partial charge in [-0.25, -0.2) is 4.39 Å². The Labute approximate surface area is 150 Å². The van der Waals surface area contributed by atoms with Crippen molar-refractivity contribution in [1.29, 1.82) is 0 Å². The SMILES string of the molecule is CCc1ccc(N2CC(C(=O)Nc3ccc(F)c(Cl)c3)CC2=O)cc1. The van der Waals surface area contributed by atoms with Gasteiger partial charge in [0.25, 0.3) is 0 Å². The van der Waals surface area contributed by atoms with Crippen LogP contribution in [0.4, 0.5) is 15.8 Å². The van der Waals surface area contributed by atoms with Crippen LogP contribution in [0.15, 0.2) is 42.5 Å². The maximum absolute atomic E-state index is 13.2. The van der Waals surface area contributed by atoms with Crippen molar-refractivity contribution in [3.05, 3.63) is 58.9 Å². The van der Waals surface area contributed by atoms with Gasteiger partial charge in [0.15, 0.2) is 0 Å². The molecule has 0 radical (unpaired) electrons. The van der Waals surface area contributed by atoms with E-state index < -0.39 is 11.7 Å². The molecule has 6 heteroatoms. The van der Waals surface area contributed by atoms with E-state index in [1.54, 1.807) is 4.90 Å². The molecule has 1 heterocycles. The van der Waals surface area contributed by atoms with Gasteiger partial charge in [0.2, 0.25) is 11.8 Å². The molecule has 1 atom stereocenters. The second-order valence-corrected chi connectivity index (χ2v) is 6.45. The van der Waals surface area contributed by atoms with Gasteiger partial charge in [0, 0.05) is 24.3 Å². The Bertz CT molecular complexity index is 808. The topological polar surface area (TPSA) is 49.4 Å². The van der Waals surface area contributed by atoms with Gasteiger partial charge in [-0.3, -0.25) is 9.59 Å². The van der Waals surface area contributed by atoms with Gasteiger partial charge in [-0.2, -0.15) is 0 Å². The van der Waals surface area contributed by atoms with Crippen molar-refractivity contribution in [3.63, 3.8) is 0 Å². The first kappa shape index (κ1) is 17.4. The molecule has 130 valence electrons. The Morgan fingerprint density at radius 3 is 2.64 bits per heavy atom. The largest absolute Gasteiger partial charge is 0.326 e. The number of halogens is 2. The van der Waals surface area contributed by atoms with Crippen molar-refractivity contribution in [2.45, 2.75) is 19.8 Å². The molecule has 1 aliphatic heterocycles. The fourth-order valence-corrected chi connectivity index (χ4v) is 3.04. The predicted octanol–water partition coefficient (Wildman–Crippen LogP) is 4.03. The van der Waals surface area contributed by atoms with Crippen molar-refractivity contribution >= 4 is 34.8 Å². The van der Waals surface area contributed by atoms with Crippen LogP contribution in [0, 0.1) is 11.7 Å². The first-order chi connectivity index (χ1) is 12.0. The Morgan fingerprint density at radius 2 is 2.00 bits per heavy atom. The summed E-state index contributed by atoms with van der Waals surface area (Å²) in [7, 11) is 0. The van der Waals surface area contributed by atoms with Crippen molar-refractivity contribution in [1.82, 2.24) is 0 Å². The lowest BCUT2D eigenvalue weighted by molar-refractivity contribution is -0.122. The van der Waals surface area contributed by atoms with Gasteiger partial charge < -0.3 is 10.2 Å². The molecule has 1 N–H and O–H groups in total. The summed E-state index contributed by atoms with van der Waals surface area (Å²) in [6.45, 7) is 2.39. The van der Waals surface area contributed by atoms with E-state index in [2.05, 4.69) is 12.2 Å². The predicted molar refractivity (Wildman–Crippen MR) is 96.3 cm³/mol. The third-order valence-electron chi connectivity index (χ3n) is 4.34. The summed E-state index contributed by atoms with van der Waals surface area (Å²) < 4.78 is 13.2. The summed E-state index contributed by atoms with van der Waals surface area (Å²) in [4.78, 5) is 26.3. The monoisotopic (exact) mass is 360 g/mol. The summed E-state index contributed by atoms with van der Waals surface area (Å²) >= 11 is 5.72. The van der Waals surface area contributed by atoms with Gasteiger partial charge in [-0.15, -0.1) is 0 Å². The molecule has 2 amide bonds. The molecule has 1 fully saturated rings. The highest BCUT2D eigenvalue weighted by Gasteiger charge is 2.35. The summed E-state index contributed by atoms with van der Waals surface area (Å²) in [6.07, 6.45) is 1.08. The van der Waals surface area contributed by atoms with Gasteiger partial charge in [-0.05, 0) is 42.3 Å². The highest BCUT2D eigenvalue weighted by atomic mass is 35.5. The third kappa shape index (κ3) is 3.82. The molecule has 0 spiro atoms. The van der Waals surface area contributed by atoms with Crippen LogP contribution in [-0.2, 0) is 16.0 Å². The Balaban J connectivity index is 1.68. The number of aryl methyl sites for hydroxylation is 1. The average Bonchev–Trinajstić information content (AvgIpc) is 3.00. The minimum absolute atomic E-state index is 0.0575. The smallest absolute Gasteiger partial charge is 0.229 e. The Kier molecular flexibility index (Phi) is 5.04. The minimum atomic E-state index is -0.544. The molecule has 0 saturated carbocycles. The maximum Gasteiger partial charge on any atom is 0.229 e. The second-order valence-electron chi connectivity index (χ2n) is 6.04. The lowest BCUT2D eigenvalue weighted by atomic mass is 10.1. The second kappa shape index (κ2) is 7.23. The van der Waals surface area contributed by atoms with E-state index in [1.165, 1.54) is 23.8 Å². The summed E-state index contributed by atoms with van der Waals surface area (Å²) in [5.74, 6) is -1.36. The molecular formula is C19H18ClFN2O2. The minimum Gasteiger partial charge on any atom is -0.326 e. The van der Waals surface area contributed by atoms with Crippen LogP contribution in [0.2, 0.25) is 5.02 Å². The standard InChI is InChI=1S/C19H18ClFN2O2/c1-2-12-3-6-15(7-4-12)23-11-13(9-18(23)24)19(25)22-14-5-8-17(21)16(20)10-14/h3-8,10,13H,2,9,11H2,1H3,(H,22,25). The molecule has 1 unspecified atom stereocenters. The number of carbonyl (C=O) groups is 2. The Hall–Kier alpha value is -2.40. The van der Waals surface area contributed by atoms with Crippen LogP contribution in [0.1, 0.15) is 18.9 Å². The molecule has 2 aromatic carbocycles. The van der Waals surface area contributed by atoms with Crippen LogP contribution < -0.4 is 10.2 Å². The normalized spacial score (nSPS) is 17.0. The van der Waals surface area contributed by atoms with Crippen LogP contribution in [0.3, 0.4) is 0 Å².